The number of carbonyl (C=O) groups is 1. The number of methoxy groups -OCH3 is 1. The van der Waals surface area contributed by atoms with Gasteiger partial charge in [-0.15, -0.1) is 0 Å². The molecular formula is C11H22N2O2. The number of piperidine rings is 1. The fraction of sp³-hybridized carbons (Fsp3) is 0.909. The van der Waals surface area contributed by atoms with Gasteiger partial charge in [-0.05, 0) is 18.8 Å². The van der Waals surface area contributed by atoms with Gasteiger partial charge in [-0.25, -0.2) is 0 Å². The molecule has 1 fully saturated rings. The van der Waals surface area contributed by atoms with Gasteiger partial charge in [0.15, 0.2) is 0 Å². The van der Waals surface area contributed by atoms with Crippen molar-refractivity contribution >= 4 is 5.91 Å². The van der Waals surface area contributed by atoms with Gasteiger partial charge in [0.25, 0.3) is 0 Å². The molecule has 4 heteroatoms. The van der Waals surface area contributed by atoms with E-state index in [-0.39, 0.29) is 5.91 Å². The topological polar surface area (TPSA) is 41.6 Å². The highest BCUT2D eigenvalue weighted by Gasteiger charge is 2.19. The molecule has 0 unspecified atom stereocenters. The third kappa shape index (κ3) is 4.62. The van der Waals surface area contributed by atoms with Gasteiger partial charge in [0.2, 0.25) is 5.91 Å². The number of hydrogen-bond donors (Lipinski definition) is 1. The van der Waals surface area contributed by atoms with E-state index in [1.807, 2.05) is 4.90 Å². The summed E-state index contributed by atoms with van der Waals surface area (Å²) in [7, 11) is 1.66. The molecule has 0 aliphatic carbocycles. The van der Waals surface area contributed by atoms with Crippen molar-refractivity contribution in [3.63, 3.8) is 0 Å². The van der Waals surface area contributed by atoms with Crippen molar-refractivity contribution < 1.29 is 9.53 Å². The van der Waals surface area contributed by atoms with Gasteiger partial charge in [0.1, 0.15) is 0 Å². The lowest BCUT2D eigenvalue weighted by molar-refractivity contribution is -0.131. The van der Waals surface area contributed by atoms with Gasteiger partial charge in [-0.3, -0.25) is 4.79 Å². The van der Waals surface area contributed by atoms with Crippen LogP contribution < -0.4 is 5.32 Å². The highest BCUT2D eigenvalue weighted by molar-refractivity contribution is 5.78. The van der Waals surface area contributed by atoms with E-state index in [1.165, 1.54) is 6.42 Å². The summed E-state index contributed by atoms with van der Waals surface area (Å²) < 4.78 is 4.90. The van der Waals surface area contributed by atoms with E-state index in [0.29, 0.717) is 19.1 Å². The zero-order valence-corrected chi connectivity index (χ0v) is 9.79. The van der Waals surface area contributed by atoms with Crippen LogP contribution in [0.25, 0.3) is 0 Å². The maximum absolute atomic E-state index is 11.7. The molecule has 15 heavy (non-hydrogen) atoms. The number of nitrogens with one attached hydrogen (secondary N) is 1. The van der Waals surface area contributed by atoms with Crippen LogP contribution in [0.1, 0.15) is 19.8 Å². The predicted molar refractivity (Wildman–Crippen MR) is 59.7 cm³/mol. The fourth-order valence-corrected chi connectivity index (χ4v) is 1.90. The first-order chi connectivity index (χ1) is 7.24. The number of ether oxygens (including phenoxy) is 1. The smallest absolute Gasteiger partial charge is 0.236 e. The number of amides is 1. The molecule has 0 aromatic rings. The van der Waals surface area contributed by atoms with E-state index in [4.69, 9.17) is 4.74 Å². The maximum Gasteiger partial charge on any atom is 0.236 e. The van der Waals surface area contributed by atoms with Crippen molar-refractivity contribution in [2.24, 2.45) is 5.92 Å². The van der Waals surface area contributed by atoms with E-state index >= 15 is 0 Å². The standard InChI is InChI=1S/C11H22N2O2/c1-10-4-3-6-13(9-10)11(14)8-12-5-7-15-2/h10,12H,3-9H2,1-2H3/t10-/m0/s1. The number of rotatable bonds is 5. The van der Waals surface area contributed by atoms with Crippen LogP contribution in [0.4, 0.5) is 0 Å². The zero-order chi connectivity index (χ0) is 11.1. The summed E-state index contributed by atoms with van der Waals surface area (Å²) in [5.41, 5.74) is 0. The van der Waals surface area contributed by atoms with Crippen LogP contribution in [0, 0.1) is 5.92 Å². The maximum atomic E-state index is 11.7. The Bertz CT molecular complexity index is 197. The molecule has 1 atom stereocenters. The molecule has 1 amide bonds. The summed E-state index contributed by atoms with van der Waals surface area (Å²) in [5.74, 6) is 0.874. The van der Waals surface area contributed by atoms with Crippen molar-refractivity contribution in [2.45, 2.75) is 19.8 Å². The molecule has 0 bridgehead atoms. The van der Waals surface area contributed by atoms with Crippen LogP contribution in [0.3, 0.4) is 0 Å². The number of carbonyl (C=O) groups excluding carboxylic acids is 1. The molecule has 4 nitrogen and oxygen atoms in total. The van der Waals surface area contributed by atoms with Gasteiger partial charge in [-0.1, -0.05) is 6.92 Å². The summed E-state index contributed by atoms with van der Waals surface area (Å²) in [6, 6.07) is 0. The van der Waals surface area contributed by atoms with Crippen molar-refractivity contribution in [2.75, 3.05) is 39.9 Å². The Kier molecular flexibility index (Phi) is 5.65. The summed E-state index contributed by atoms with van der Waals surface area (Å²) in [5, 5.41) is 3.08. The van der Waals surface area contributed by atoms with E-state index in [0.717, 1.165) is 26.1 Å². The van der Waals surface area contributed by atoms with Gasteiger partial charge in [-0.2, -0.15) is 0 Å². The molecule has 1 heterocycles. The Labute approximate surface area is 92.0 Å². The lowest BCUT2D eigenvalue weighted by Crippen LogP contribution is -2.43. The number of hydrogen-bond acceptors (Lipinski definition) is 3. The van der Waals surface area contributed by atoms with E-state index < -0.39 is 0 Å². The predicted octanol–water partition coefficient (Wildman–Crippen LogP) is 0.481. The Morgan fingerprint density at radius 3 is 3.07 bits per heavy atom. The van der Waals surface area contributed by atoms with Crippen LogP contribution in [0.2, 0.25) is 0 Å². The second kappa shape index (κ2) is 6.80. The molecule has 88 valence electrons. The minimum Gasteiger partial charge on any atom is -0.383 e. The highest BCUT2D eigenvalue weighted by atomic mass is 16.5. The largest absolute Gasteiger partial charge is 0.383 e. The second-order valence-corrected chi connectivity index (χ2v) is 4.26. The van der Waals surface area contributed by atoms with E-state index in [1.54, 1.807) is 7.11 Å². The summed E-state index contributed by atoms with van der Waals surface area (Å²) in [6.07, 6.45) is 2.39. The van der Waals surface area contributed by atoms with Crippen LogP contribution in [0.15, 0.2) is 0 Å². The first kappa shape index (κ1) is 12.5. The number of nitrogens with zero attached hydrogens (tertiary/aromatic N) is 1. The monoisotopic (exact) mass is 214 g/mol. The molecule has 0 aromatic heterocycles. The third-order valence-corrected chi connectivity index (χ3v) is 2.77. The van der Waals surface area contributed by atoms with Crippen LogP contribution in [-0.2, 0) is 9.53 Å². The average molecular weight is 214 g/mol. The molecule has 0 radical (unpaired) electrons. The minimum absolute atomic E-state index is 0.220. The van der Waals surface area contributed by atoms with Gasteiger partial charge in [0.05, 0.1) is 13.2 Å². The molecular weight excluding hydrogens is 192 g/mol. The van der Waals surface area contributed by atoms with Gasteiger partial charge < -0.3 is 15.0 Å². The minimum atomic E-state index is 0.220. The summed E-state index contributed by atoms with van der Waals surface area (Å²) >= 11 is 0. The van der Waals surface area contributed by atoms with Crippen LogP contribution >= 0.6 is 0 Å². The molecule has 1 saturated heterocycles. The first-order valence-electron chi connectivity index (χ1n) is 5.71. The number of likely N-dealkylation sites (tertiary alicyclic amines) is 1. The third-order valence-electron chi connectivity index (χ3n) is 2.77. The highest BCUT2D eigenvalue weighted by Crippen LogP contribution is 2.14. The fourth-order valence-electron chi connectivity index (χ4n) is 1.90. The molecule has 1 aliphatic heterocycles. The van der Waals surface area contributed by atoms with Crippen LogP contribution in [-0.4, -0.2) is 50.7 Å². The molecule has 0 spiro atoms. The quantitative estimate of drug-likeness (QED) is 0.677. The molecule has 1 N–H and O–H groups in total. The van der Waals surface area contributed by atoms with Gasteiger partial charge >= 0.3 is 0 Å². The van der Waals surface area contributed by atoms with Crippen molar-refractivity contribution in [1.29, 1.82) is 0 Å². The zero-order valence-electron chi connectivity index (χ0n) is 9.79. The molecule has 0 aromatic carbocycles. The Balaban J connectivity index is 2.15. The lowest BCUT2D eigenvalue weighted by atomic mass is 10.0. The van der Waals surface area contributed by atoms with Gasteiger partial charge in [0, 0.05) is 26.7 Å². The van der Waals surface area contributed by atoms with Crippen molar-refractivity contribution in [3.8, 4) is 0 Å². The Hall–Kier alpha value is -0.610. The SMILES string of the molecule is COCCNCC(=O)N1CCC[C@H](C)C1. The molecule has 1 rings (SSSR count). The Morgan fingerprint density at radius 2 is 2.40 bits per heavy atom. The average Bonchev–Trinajstić information content (AvgIpc) is 2.24. The first-order valence-corrected chi connectivity index (χ1v) is 5.71. The normalized spacial score (nSPS) is 21.7. The summed E-state index contributed by atoms with van der Waals surface area (Å²) in [4.78, 5) is 13.7. The van der Waals surface area contributed by atoms with E-state index in [9.17, 15) is 4.79 Å². The van der Waals surface area contributed by atoms with Crippen molar-refractivity contribution in [3.05, 3.63) is 0 Å². The van der Waals surface area contributed by atoms with Crippen molar-refractivity contribution in [1.82, 2.24) is 10.2 Å². The molecule has 0 saturated carbocycles. The van der Waals surface area contributed by atoms with E-state index in [2.05, 4.69) is 12.2 Å². The summed E-state index contributed by atoms with van der Waals surface area (Å²) in [6.45, 7) is 5.89. The lowest BCUT2D eigenvalue weighted by Gasteiger charge is -2.31. The molecule has 1 aliphatic rings. The van der Waals surface area contributed by atoms with Crippen LogP contribution in [0.5, 0.6) is 0 Å². The Morgan fingerprint density at radius 1 is 1.60 bits per heavy atom. The second-order valence-electron chi connectivity index (χ2n) is 4.26.